The van der Waals surface area contributed by atoms with Crippen molar-refractivity contribution >= 4 is 29.1 Å². The zero-order chi connectivity index (χ0) is 20.9. The first-order valence-electron chi connectivity index (χ1n) is 9.17. The number of carbonyl (C=O) groups is 2. The number of rotatable bonds is 6. The maximum atomic E-state index is 12.7. The van der Waals surface area contributed by atoms with Crippen molar-refractivity contribution < 1.29 is 18.4 Å². The Hall–Kier alpha value is -3.77. The van der Waals surface area contributed by atoms with Gasteiger partial charge in [-0.15, -0.1) is 0 Å². The molecule has 0 bridgehead atoms. The molecule has 4 aromatic rings. The Morgan fingerprint density at radius 2 is 1.67 bits per heavy atom. The van der Waals surface area contributed by atoms with E-state index in [0.717, 1.165) is 0 Å². The van der Waals surface area contributed by atoms with E-state index in [4.69, 9.17) is 20.4 Å². The first kappa shape index (κ1) is 19.5. The molecule has 2 amide bonds. The highest BCUT2D eigenvalue weighted by Gasteiger charge is 2.17. The van der Waals surface area contributed by atoms with Crippen molar-refractivity contribution in [2.24, 2.45) is 0 Å². The van der Waals surface area contributed by atoms with Crippen molar-refractivity contribution in [3.8, 4) is 11.3 Å². The zero-order valence-corrected chi connectivity index (χ0v) is 16.5. The molecule has 0 aliphatic carbocycles. The van der Waals surface area contributed by atoms with Crippen LogP contribution in [0.5, 0.6) is 0 Å². The van der Waals surface area contributed by atoms with E-state index >= 15 is 0 Å². The molecule has 150 valence electrons. The summed E-state index contributed by atoms with van der Waals surface area (Å²) in [5, 5.41) is 6.02. The van der Waals surface area contributed by atoms with Crippen molar-refractivity contribution in [3.63, 3.8) is 0 Å². The maximum Gasteiger partial charge on any atom is 0.291 e. The Bertz CT molecular complexity index is 1180. The molecule has 0 spiro atoms. The summed E-state index contributed by atoms with van der Waals surface area (Å²) in [7, 11) is 0. The average molecular weight is 421 g/mol. The quantitative estimate of drug-likeness (QED) is 0.439. The molecule has 7 heteroatoms. The second-order valence-corrected chi connectivity index (χ2v) is 6.81. The summed E-state index contributed by atoms with van der Waals surface area (Å²) in [5.74, 6) is 0.414. The number of carbonyl (C=O) groups excluding carboxylic acids is 2. The number of hydrogen-bond donors (Lipinski definition) is 2. The largest absolute Gasteiger partial charge is 0.467 e. The normalized spacial score (nSPS) is 10.6. The molecule has 2 N–H and O–H groups in total. The predicted molar refractivity (Wildman–Crippen MR) is 113 cm³/mol. The first-order valence-corrected chi connectivity index (χ1v) is 9.55. The predicted octanol–water partition coefficient (Wildman–Crippen LogP) is 5.38. The highest BCUT2D eigenvalue weighted by atomic mass is 35.5. The average Bonchev–Trinajstić information content (AvgIpc) is 3.45. The Balaban J connectivity index is 1.49. The van der Waals surface area contributed by atoms with Gasteiger partial charge in [0.15, 0.2) is 5.76 Å². The fraction of sp³-hybridized carbons (Fsp3) is 0.0435. The van der Waals surface area contributed by atoms with Gasteiger partial charge in [-0.3, -0.25) is 9.59 Å². The first-order chi connectivity index (χ1) is 14.6. The van der Waals surface area contributed by atoms with E-state index in [1.165, 1.54) is 6.26 Å². The van der Waals surface area contributed by atoms with Gasteiger partial charge in [0.2, 0.25) is 0 Å². The molecule has 6 nitrogen and oxygen atoms in total. The number of anilines is 1. The van der Waals surface area contributed by atoms with Gasteiger partial charge in [0.1, 0.15) is 11.5 Å². The summed E-state index contributed by atoms with van der Waals surface area (Å²) in [6.45, 7) is 0.244. The number of halogens is 1. The van der Waals surface area contributed by atoms with Crippen LogP contribution in [0.1, 0.15) is 26.7 Å². The molecule has 0 fully saturated rings. The third kappa shape index (κ3) is 4.29. The van der Waals surface area contributed by atoms with Crippen molar-refractivity contribution in [2.45, 2.75) is 6.54 Å². The lowest BCUT2D eigenvalue weighted by atomic mass is 10.1. The highest BCUT2D eigenvalue weighted by Crippen LogP contribution is 2.29. The van der Waals surface area contributed by atoms with Crippen LogP contribution in [0.25, 0.3) is 11.3 Å². The number of para-hydroxylation sites is 1. The maximum absolute atomic E-state index is 12.7. The molecule has 2 aromatic carbocycles. The van der Waals surface area contributed by atoms with Crippen molar-refractivity contribution in [1.29, 1.82) is 0 Å². The SMILES string of the molecule is O=C(Nc1ccccc1C(=O)NCc1ccco1)c1ccc(-c2ccccc2Cl)o1. The molecule has 0 aliphatic rings. The monoisotopic (exact) mass is 420 g/mol. The number of nitrogens with one attached hydrogen (secondary N) is 2. The van der Waals surface area contributed by atoms with E-state index in [9.17, 15) is 9.59 Å². The summed E-state index contributed by atoms with van der Waals surface area (Å²) in [4.78, 5) is 25.2. The van der Waals surface area contributed by atoms with Crippen LogP contribution in [0.3, 0.4) is 0 Å². The lowest BCUT2D eigenvalue weighted by molar-refractivity contribution is 0.0949. The summed E-state index contributed by atoms with van der Waals surface area (Å²) in [5.41, 5.74) is 1.39. The summed E-state index contributed by atoms with van der Waals surface area (Å²) >= 11 is 6.19. The Morgan fingerprint density at radius 1 is 0.867 bits per heavy atom. The lowest BCUT2D eigenvalue weighted by Crippen LogP contribution is -2.24. The van der Waals surface area contributed by atoms with Gasteiger partial charge < -0.3 is 19.5 Å². The molecule has 0 aliphatic heterocycles. The van der Waals surface area contributed by atoms with Crippen LogP contribution in [0.4, 0.5) is 5.69 Å². The molecule has 0 radical (unpaired) electrons. The molecular weight excluding hydrogens is 404 g/mol. The summed E-state index contributed by atoms with van der Waals surface area (Å²) in [6, 6.07) is 20.7. The van der Waals surface area contributed by atoms with Gasteiger partial charge in [0.25, 0.3) is 11.8 Å². The lowest BCUT2D eigenvalue weighted by Gasteiger charge is -2.10. The van der Waals surface area contributed by atoms with E-state index in [1.807, 2.05) is 18.2 Å². The van der Waals surface area contributed by atoms with Crippen LogP contribution in [0, 0.1) is 0 Å². The molecule has 2 heterocycles. The number of amides is 2. The molecule has 0 atom stereocenters. The fourth-order valence-electron chi connectivity index (χ4n) is 2.92. The molecule has 0 saturated heterocycles. The van der Waals surface area contributed by atoms with Crippen LogP contribution in [0.2, 0.25) is 5.02 Å². The smallest absolute Gasteiger partial charge is 0.291 e. The zero-order valence-electron chi connectivity index (χ0n) is 15.7. The Morgan fingerprint density at radius 3 is 2.47 bits per heavy atom. The summed E-state index contributed by atoms with van der Waals surface area (Å²) in [6.07, 6.45) is 1.54. The van der Waals surface area contributed by atoms with Gasteiger partial charge in [-0.1, -0.05) is 35.9 Å². The van der Waals surface area contributed by atoms with Gasteiger partial charge in [-0.25, -0.2) is 0 Å². The number of benzene rings is 2. The van der Waals surface area contributed by atoms with Crippen molar-refractivity contribution in [1.82, 2.24) is 5.32 Å². The molecular formula is C23H17ClN2O4. The molecule has 4 rings (SSSR count). The second kappa shape index (κ2) is 8.71. The van der Waals surface area contributed by atoms with E-state index in [0.29, 0.717) is 33.4 Å². The third-order valence-corrected chi connectivity index (χ3v) is 4.72. The highest BCUT2D eigenvalue weighted by molar-refractivity contribution is 6.33. The van der Waals surface area contributed by atoms with Crippen LogP contribution in [-0.2, 0) is 6.54 Å². The van der Waals surface area contributed by atoms with Crippen LogP contribution >= 0.6 is 11.6 Å². The minimum atomic E-state index is -0.473. The fourth-order valence-corrected chi connectivity index (χ4v) is 3.14. The molecule has 2 aromatic heterocycles. The van der Waals surface area contributed by atoms with Crippen molar-refractivity contribution in [3.05, 3.63) is 101 Å². The molecule has 0 unspecified atom stereocenters. The van der Waals surface area contributed by atoms with Gasteiger partial charge in [-0.05, 0) is 48.5 Å². The van der Waals surface area contributed by atoms with Crippen LogP contribution in [-0.4, -0.2) is 11.8 Å². The minimum Gasteiger partial charge on any atom is -0.467 e. The van der Waals surface area contributed by atoms with Crippen molar-refractivity contribution in [2.75, 3.05) is 5.32 Å². The minimum absolute atomic E-state index is 0.107. The number of hydrogen-bond acceptors (Lipinski definition) is 4. The summed E-state index contributed by atoms with van der Waals surface area (Å²) < 4.78 is 10.9. The number of furan rings is 2. The van der Waals surface area contributed by atoms with Gasteiger partial charge in [0, 0.05) is 5.56 Å². The van der Waals surface area contributed by atoms with Crippen LogP contribution < -0.4 is 10.6 Å². The van der Waals surface area contributed by atoms with E-state index in [-0.39, 0.29) is 18.2 Å². The van der Waals surface area contributed by atoms with Gasteiger partial charge in [0.05, 0.1) is 29.1 Å². The third-order valence-electron chi connectivity index (χ3n) is 4.39. The topological polar surface area (TPSA) is 84.5 Å². The van der Waals surface area contributed by atoms with E-state index < -0.39 is 5.91 Å². The Kier molecular flexibility index (Phi) is 5.68. The molecule has 30 heavy (non-hydrogen) atoms. The van der Waals surface area contributed by atoms with E-state index in [2.05, 4.69) is 10.6 Å². The van der Waals surface area contributed by atoms with Crippen LogP contribution in [0.15, 0.2) is 87.9 Å². The Labute approximate surface area is 177 Å². The van der Waals surface area contributed by atoms with Gasteiger partial charge >= 0.3 is 0 Å². The van der Waals surface area contributed by atoms with E-state index in [1.54, 1.807) is 54.6 Å². The molecule has 0 saturated carbocycles. The standard InChI is InChI=1S/C23H17ClN2O4/c24-18-9-3-1-7-16(18)20-11-12-21(30-20)23(28)26-19-10-4-2-8-17(19)22(27)25-14-15-6-5-13-29-15/h1-13H,14H2,(H,25,27)(H,26,28). The van der Waals surface area contributed by atoms with Gasteiger partial charge in [-0.2, -0.15) is 0 Å². The second-order valence-electron chi connectivity index (χ2n) is 6.41.